The lowest BCUT2D eigenvalue weighted by atomic mass is 9.89. The second kappa shape index (κ2) is 9.37. The molecular weight excluding hydrogens is 420 g/mol. The van der Waals surface area contributed by atoms with Gasteiger partial charge in [0, 0.05) is 6.07 Å². The molecule has 1 aliphatic heterocycles. The highest BCUT2D eigenvalue weighted by Gasteiger charge is 2.42. The summed E-state index contributed by atoms with van der Waals surface area (Å²) >= 11 is 0. The minimum atomic E-state index is -2.28. The van der Waals surface area contributed by atoms with Gasteiger partial charge in [-0.05, 0) is 36.6 Å². The van der Waals surface area contributed by atoms with Crippen LogP contribution in [0.4, 0.5) is 8.78 Å². The highest BCUT2D eigenvalue weighted by Crippen LogP contribution is 2.23. The second-order valence-electron chi connectivity index (χ2n) is 7.76. The van der Waals surface area contributed by atoms with Crippen LogP contribution < -0.4 is 16.4 Å². The predicted octanol–water partition coefficient (Wildman–Crippen LogP) is 1.59. The van der Waals surface area contributed by atoms with Gasteiger partial charge in [0.25, 0.3) is 0 Å². The van der Waals surface area contributed by atoms with Crippen LogP contribution in [0.15, 0.2) is 60.7 Å². The van der Waals surface area contributed by atoms with Gasteiger partial charge < -0.3 is 21.5 Å². The first-order valence-electron chi connectivity index (χ1n) is 9.90. The average molecular weight is 443 g/mol. The lowest BCUT2D eigenvalue weighted by Crippen LogP contribution is -2.61. The van der Waals surface area contributed by atoms with E-state index in [2.05, 4.69) is 10.6 Å². The van der Waals surface area contributed by atoms with Crippen molar-refractivity contribution >= 4 is 17.6 Å². The molecule has 2 aromatic carbocycles. The Bertz CT molecular complexity index is 1040. The number of nitrogens with two attached hydrogens (primary N) is 1. The maximum absolute atomic E-state index is 13.4. The van der Waals surface area contributed by atoms with Crippen molar-refractivity contribution in [3.05, 3.63) is 83.4 Å². The van der Waals surface area contributed by atoms with Crippen molar-refractivity contribution in [2.24, 2.45) is 5.73 Å². The van der Waals surface area contributed by atoms with Gasteiger partial charge in [0.05, 0.1) is 6.04 Å². The Labute approximate surface area is 183 Å². The van der Waals surface area contributed by atoms with E-state index in [1.54, 1.807) is 6.08 Å². The van der Waals surface area contributed by atoms with Crippen LogP contribution >= 0.6 is 0 Å². The number of benzene rings is 2. The van der Waals surface area contributed by atoms with E-state index in [4.69, 9.17) is 5.73 Å². The van der Waals surface area contributed by atoms with E-state index in [9.17, 15) is 28.3 Å². The lowest BCUT2D eigenvalue weighted by molar-refractivity contribution is -0.141. The number of hydrogen-bond donors (Lipinski definition) is 4. The molecule has 0 aromatic heterocycles. The van der Waals surface area contributed by atoms with Crippen molar-refractivity contribution in [2.45, 2.75) is 37.1 Å². The number of ketones is 1. The quantitative estimate of drug-likeness (QED) is 0.399. The first kappa shape index (κ1) is 23.2. The predicted molar refractivity (Wildman–Crippen MR) is 112 cm³/mol. The Morgan fingerprint density at radius 3 is 2.44 bits per heavy atom. The third-order valence-corrected chi connectivity index (χ3v) is 5.22. The fraction of sp³-hybridized carbons (Fsp3) is 0.261. The Kier molecular flexibility index (Phi) is 6.81. The molecule has 5 N–H and O–H groups in total. The standard InChI is InChI=1S/C23H23F2N3O4/c1-23(26,20(30)19(29)14-10-15(24)12-16(25)11-14)22(32)28-18-9-5-8-17(27-21(18)31)13-6-3-2-4-7-13/h2-7,9-12,17-19,29H,8,26H2,1H3,(H,27,31)(H,28,32)/t17?,18-,19-,23+/m0/s1. The normalized spacial score (nSPS) is 21.1. The number of Topliss-reactive ketones (excluding diaryl/α,β-unsaturated/α-hetero) is 1. The number of carbonyl (C=O) groups excluding carboxylic acids is 3. The Balaban J connectivity index is 1.71. The van der Waals surface area contributed by atoms with Crippen LogP contribution in [0.3, 0.4) is 0 Å². The van der Waals surface area contributed by atoms with E-state index in [-0.39, 0.29) is 11.6 Å². The molecule has 0 saturated carbocycles. The Morgan fingerprint density at radius 1 is 1.19 bits per heavy atom. The third-order valence-electron chi connectivity index (χ3n) is 5.22. The molecule has 0 aliphatic carbocycles. The summed E-state index contributed by atoms with van der Waals surface area (Å²) < 4.78 is 26.9. The number of nitrogens with one attached hydrogen (secondary N) is 2. The summed E-state index contributed by atoms with van der Waals surface area (Å²) in [6.45, 7) is 1.05. The van der Waals surface area contributed by atoms with Crippen LogP contribution in [0.5, 0.6) is 0 Å². The molecule has 0 saturated heterocycles. The SMILES string of the molecule is C[C@](N)(C(=O)N[C@H]1C=CCC(c2ccccc2)NC1=O)C(=O)[C@@H](O)c1cc(F)cc(F)c1. The Hall–Kier alpha value is -3.43. The summed E-state index contributed by atoms with van der Waals surface area (Å²) in [5.41, 5.74) is 4.11. The minimum Gasteiger partial charge on any atom is -0.380 e. The van der Waals surface area contributed by atoms with E-state index in [0.29, 0.717) is 12.5 Å². The molecule has 3 rings (SSSR count). The molecule has 168 valence electrons. The first-order valence-corrected chi connectivity index (χ1v) is 9.90. The van der Waals surface area contributed by atoms with Crippen molar-refractivity contribution in [1.82, 2.24) is 10.6 Å². The second-order valence-corrected chi connectivity index (χ2v) is 7.76. The number of aliphatic hydroxyl groups is 1. The molecule has 0 bridgehead atoms. The van der Waals surface area contributed by atoms with Gasteiger partial charge in [0.15, 0.2) is 11.3 Å². The zero-order valence-corrected chi connectivity index (χ0v) is 17.2. The highest BCUT2D eigenvalue weighted by atomic mass is 19.1. The van der Waals surface area contributed by atoms with E-state index in [0.717, 1.165) is 24.6 Å². The molecule has 7 nitrogen and oxygen atoms in total. The number of aliphatic hydroxyl groups excluding tert-OH is 1. The largest absolute Gasteiger partial charge is 0.380 e. The summed E-state index contributed by atoms with van der Waals surface area (Å²) in [5.74, 6) is -4.70. The molecule has 9 heteroatoms. The molecular formula is C23H23F2N3O4. The zero-order valence-electron chi connectivity index (χ0n) is 17.2. The first-order chi connectivity index (χ1) is 15.1. The molecule has 2 aromatic rings. The van der Waals surface area contributed by atoms with Crippen molar-refractivity contribution in [2.75, 3.05) is 0 Å². The molecule has 0 fully saturated rings. The number of hydrogen-bond acceptors (Lipinski definition) is 5. The molecule has 4 atom stereocenters. The number of amides is 2. The number of rotatable bonds is 6. The number of carbonyl (C=O) groups is 3. The smallest absolute Gasteiger partial charge is 0.248 e. The van der Waals surface area contributed by atoms with E-state index < -0.39 is 46.9 Å². The van der Waals surface area contributed by atoms with Crippen LogP contribution in [0.25, 0.3) is 0 Å². The molecule has 0 radical (unpaired) electrons. The van der Waals surface area contributed by atoms with Crippen LogP contribution in [0, 0.1) is 11.6 Å². The van der Waals surface area contributed by atoms with Gasteiger partial charge in [-0.3, -0.25) is 14.4 Å². The van der Waals surface area contributed by atoms with Crippen LogP contribution in [0.2, 0.25) is 0 Å². The van der Waals surface area contributed by atoms with Crippen LogP contribution in [0.1, 0.15) is 36.6 Å². The lowest BCUT2D eigenvalue weighted by Gasteiger charge is -2.27. The van der Waals surface area contributed by atoms with E-state index in [1.165, 1.54) is 6.08 Å². The van der Waals surface area contributed by atoms with Crippen molar-refractivity contribution in [3.8, 4) is 0 Å². The molecule has 1 heterocycles. The fourth-order valence-electron chi connectivity index (χ4n) is 3.35. The van der Waals surface area contributed by atoms with Gasteiger partial charge in [0.2, 0.25) is 11.8 Å². The fourth-order valence-corrected chi connectivity index (χ4v) is 3.35. The van der Waals surface area contributed by atoms with Gasteiger partial charge in [-0.2, -0.15) is 0 Å². The van der Waals surface area contributed by atoms with Gasteiger partial charge >= 0.3 is 0 Å². The van der Waals surface area contributed by atoms with Crippen molar-refractivity contribution < 1.29 is 28.3 Å². The summed E-state index contributed by atoms with van der Waals surface area (Å²) in [4.78, 5) is 38.0. The Morgan fingerprint density at radius 2 is 1.81 bits per heavy atom. The third kappa shape index (κ3) is 5.06. The average Bonchev–Trinajstić information content (AvgIpc) is 2.94. The zero-order chi connectivity index (χ0) is 23.5. The summed E-state index contributed by atoms with van der Waals surface area (Å²) in [7, 11) is 0. The van der Waals surface area contributed by atoms with Gasteiger partial charge in [-0.25, -0.2) is 8.78 Å². The van der Waals surface area contributed by atoms with E-state index >= 15 is 0 Å². The molecule has 32 heavy (non-hydrogen) atoms. The maximum Gasteiger partial charge on any atom is 0.248 e. The van der Waals surface area contributed by atoms with Crippen LogP contribution in [-0.2, 0) is 14.4 Å². The molecule has 1 aliphatic rings. The van der Waals surface area contributed by atoms with E-state index in [1.807, 2.05) is 30.3 Å². The summed E-state index contributed by atoms with van der Waals surface area (Å²) in [6.07, 6.45) is 1.66. The summed E-state index contributed by atoms with van der Waals surface area (Å²) in [5, 5.41) is 15.5. The van der Waals surface area contributed by atoms with Gasteiger partial charge in [-0.15, -0.1) is 0 Å². The molecule has 0 spiro atoms. The van der Waals surface area contributed by atoms with Gasteiger partial charge in [0.1, 0.15) is 23.8 Å². The minimum absolute atomic E-state index is 0.294. The van der Waals surface area contributed by atoms with Crippen molar-refractivity contribution in [3.63, 3.8) is 0 Å². The molecule has 1 unspecified atom stereocenters. The van der Waals surface area contributed by atoms with Gasteiger partial charge in [-0.1, -0.05) is 42.5 Å². The summed E-state index contributed by atoms with van der Waals surface area (Å²) in [6, 6.07) is 9.99. The number of halogens is 2. The maximum atomic E-state index is 13.4. The van der Waals surface area contributed by atoms with Crippen LogP contribution in [-0.4, -0.2) is 34.3 Å². The monoisotopic (exact) mass is 443 g/mol. The molecule has 2 amide bonds. The highest BCUT2D eigenvalue weighted by molar-refractivity contribution is 6.12. The topological polar surface area (TPSA) is 122 Å². The van der Waals surface area contributed by atoms with Crippen molar-refractivity contribution in [1.29, 1.82) is 0 Å².